The van der Waals surface area contributed by atoms with Gasteiger partial charge in [0, 0.05) is 0 Å². The predicted molar refractivity (Wildman–Crippen MR) is 187 cm³/mol. The third kappa shape index (κ3) is 8.82. The normalized spacial score (nSPS) is 17.3. The van der Waals surface area contributed by atoms with Crippen LogP contribution in [-0.2, 0) is 20.4 Å². The molecule has 1 fully saturated rings. The summed E-state index contributed by atoms with van der Waals surface area (Å²) in [6, 6.07) is 30.1. The molecule has 3 nitrogen and oxygen atoms in total. The lowest BCUT2D eigenvalue weighted by Crippen LogP contribution is -2.66. The van der Waals surface area contributed by atoms with Crippen LogP contribution in [0.15, 0.2) is 97.1 Å². The number of aryl methyl sites for hydroxylation is 1. The summed E-state index contributed by atoms with van der Waals surface area (Å²) in [7, 11) is -2.74. The molecule has 0 radical (unpaired) electrons. The lowest BCUT2D eigenvalue weighted by molar-refractivity contribution is -0.139. The molecule has 0 bridgehead atoms. The summed E-state index contributed by atoms with van der Waals surface area (Å²) in [6.07, 6.45) is 12.6. The van der Waals surface area contributed by atoms with Gasteiger partial charge >= 0.3 is 5.97 Å². The molecule has 4 rings (SSSR count). The van der Waals surface area contributed by atoms with E-state index in [0.29, 0.717) is 18.1 Å². The van der Waals surface area contributed by atoms with Crippen molar-refractivity contribution in [1.29, 1.82) is 0 Å². The Morgan fingerprint density at radius 1 is 0.818 bits per heavy atom. The Balaban J connectivity index is 1.25. The van der Waals surface area contributed by atoms with Crippen molar-refractivity contribution in [3.63, 3.8) is 0 Å². The van der Waals surface area contributed by atoms with Gasteiger partial charge in [-0.1, -0.05) is 145 Å². The molecular formula is C40H54O3Si. The van der Waals surface area contributed by atoms with Crippen molar-refractivity contribution in [3.8, 4) is 0 Å². The van der Waals surface area contributed by atoms with Crippen molar-refractivity contribution in [2.45, 2.75) is 103 Å². The van der Waals surface area contributed by atoms with Crippen molar-refractivity contribution in [2.24, 2.45) is 5.92 Å². The van der Waals surface area contributed by atoms with Gasteiger partial charge in [0.05, 0.1) is 18.8 Å². The summed E-state index contributed by atoms with van der Waals surface area (Å²) >= 11 is 0. The number of hydrogen-bond acceptors (Lipinski definition) is 3. The van der Waals surface area contributed by atoms with E-state index in [2.05, 4.69) is 107 Å². The fourth-order valence-electron chi connectivity index (χ4n) is 6.98. The lowest BCUT2D eigenvalue weighted by Gasteiger charge is -2.43. The SMILES string of the molecule is C=C(CO[Si](c1ccccc1)(c1ccccc1)C(C)(C)C)C(=O)OCCCc1ccc(C2CCC(CCCCC)CC2)cc1. The van der Waals surface area contributed by atoms with Gasteiger partial charge < -0.3 is 9.16 Å². The lowest BCUT2D eigenvalue weighted by atomic mass is 9.77. The summed E-state index contributed by atoms with van der Waals surface area (Å²) in [5.74, 6) is 1.28. The van der Waals surface area contributed by atoms with Gasteiger partial charge in [-0.25, -0.2) is 4.79 Å². The number of hydrogen-bond donors (Lipinski definition) is 0. The minimum atomic E-state index is -2.74. The molecule has 0 spiro atoms. The average Bonchev–Trinajstić information content (AvgIpc) is 3.04. The molecule has 3 aromatic rings. The van der Waals surface area contributed by atoms with Crippen LogP contribution in [0.2, 0.25) is 5.04 Å². The van der Waals surface area contributed by atoms with Crippen LogP contribution < -0.4 is 10.4 Å². The molecule has 236 valence electrons. The van der Waals surface area contributed by atoms with Gasteiger partial charge in [0.15, 0.2) is 0 Å². The third-order valence-electron chi connectivity index (χ3n) is 9.53. The third-order valence-corrected chi connectivity index (χ3v) is 14.5. The maximum absolute atomic E-state index is 12.9. The Hall–Kier alpha value is -2.95. The monoisotopic (exact) mass is 610 g/mol. The standard InChI is InChI=1S/C40H54O3Si/c1-6-7-10-16-33-22-26-35(27-23-33)36-28-24-34(25-29-36)17-15-30-42-39(41)32(2)31-43-44(40(3,4)5,37-18-11-8-12-19-37)38-20-13-9-14-21-38/h8-9,11-14,18-21,24-25,28-29,33,35H,2,6-7,10,15-17,22-23,26-27,30-31H2,1,3-5H3. The molecule has 4 heteroatoms. The topological polar surface area (TPSA) is 35.5 Å². The van der Waals surface area contributed by atoms with Gasteiger partial charge in [0.25, 0.3) is 8.32 Å². The van der Waals surface area contributed by atoms with Crippen LogP contribution in [0.25, 0.3) is 0 Å². The van der Waals surface area contributed by atoms with Crippen molar-refractivity contribution in [3.05, 3.63) is 108 Å². The molecule has 0 unspecified atom stereocenters. The molecule has 0 aliphatic heterocycles. The highest BCUT2D eigenvalue weighted by Gasteiger charge is 2.50. The summed E-state index contributed by atoms with van der Waals surface area (Å²) in [4.78, 5) is 12.9. The molecule has 0 aromatic heterocycles. The number of unbranched alkanes of at least 4 members (excludes halogenated alkanes) is 2. The Labute approximate surface area is 268 Å². The predicted octanol–water partition coefficient (Wildman–Crippen LogP) is 9.15. The van der Waals surface area contributed by atoms with Crippen molar-refractivity contribution >= 4 is 24.7 Å². The van der Waals surface area contributed by atoms with E-state index in [9.17, 15) is 4.79 Å². The molecular weight excluding hydrogens is 557 g/mol. The number of esters is 1. The quantitative estimate of drug-likeness (QED) is 0.0745. The number of carbonyl (C=O) groups is 1. The van der Waals surface area contributed by atoms with Gasteiger partial charge in [-0.15, -0.1) is 0 Å². The maximum atomic E-state index is 12.9. The van der Waals surface area contributed by atoms with Gasteiger partial charge in [0.1, 0.15) is 0 Å². The minimum absolute atomic E-state index is 0.147. The molecule has 0 amide bonds. The van der Waals surface area contributed by atoms with E-state index < -0.39 is 8.32 Å². The molecule has 3 aromatic carbocycles. The van der Waals surface area contributed by atoms with Crippen LogP contribution in [0.1, 0.15) is 103 Å². The van der Waals surface area contributed by atoms with Gasteiger partial charge in [-0.05, 0) is 76.9 Å². The van der Waals surface area contributed by atoms with E-state index >= 15 is 0 Å². The first-order valence-corrected chi connectivity index (χ1v) is 18.8. The van der Waals surface area contributed by atoms with Crippen LogP contribution >= 0.6 is 0 Å². The second-order valence-corrected chi connectivity index (χ2v) is 18.1. The zero-order valence-electron chi connectivity index (χ0n) is 27.7. The van der Waals surface area contributed by atoms with Crippen LogP contribution in [0.4, 0.5) is 0 Å². The van der Waals surface area contributed by atoms with E-state index in [1.54, 1.807) is 0 Å². The fourth-order valence-corrected chi connectivity index (χ4v) is 11.5. The summed E-state index contributed by atoms with van der Waals surface area (Å²) < 4.78 is 12.5. The number of rotatable bonds is 15. The fraction of sp³-hybridized carbons (Fsp3) is 0.475. The second-order valence-electron chi connectivity index (χ2n) is 13.7. The van der Waals surface area contributed by atoms with Crippen LogP contribution in [0.3, 0.4) is 0 Å². The Morgan fingerprint density at radius 3 is 1.95 bits per heavy atom. The summed E-state index contributed by atoms with van der Waals surface area (Å²) in [6.45, 7) is 13.6. The number of benzene rings is 3. The van der Waals surface area contributed by atoms with E-state index in [4.69, 9.17) is 9.16 Å². The Morgan fingerprint density at radius 2 is 1.41 bits per heavy atom. The first-order chi connectivity index (χ1) is 21.2. The molecule has 0 saturated heterocycles. The molecule has 0 N–H and O–H groups in total. The van der Waals surface area contributed by atoms with E-state index in [1.807, 2.05) is 12.1 Å². The Kier molecular flexibility index (Phi) is 12.6. The highest BCUT2D eigenvalue weighted by atomic mass is 28.4. The van der Waals surface area contributed by atoms with Crippen LogP contribution in [0, 0.1) is 5.92 Å². The highest BCUT2D eigenvalue weighted by Crippen LogP contribution is 2.38. The molecule has 1 saturated carbocycles. The first-order valence-electron chi connectivity index (χ1n) is 16.9. The first kappa shape index (κ1) is 33.9. The molecule has 44 heavy (non-hydrogen) atoms. The summed E-state index contributed by atoms with van der Waals surface area (Å²) in [5, 5.41) is 2.20. The zero-order valence-corrected chi connectivity index (χ0v) is 28.7. The van der Waals surface area contributed by atoms with E-state index in [-0.39, 0.29) is 17.6 Å². The number of carbonyl (C=O) groups excluding carboxylic acids is 1. The Bertz CT molecular complexity index is 1250. The molecule has 1 aliphatic rings. The van der Waals surface area contributed by atoms with Crippen LogP contribution in [-0.4, -0.2) is 27.5 Å². The maximum Gasteiger partial charge on any atom is 0.335 e. The van der Waals surface area contributed by atoms with Gasteiger partial charge in [-0.2, -0.15) is 0 Å². The van der Waals surface area contributed by atoms with Crippen molar-refractivity contribution < 1.29 is 14.0 Å². The van der Waals surface area contributed by atoms with Crippen molar-refractivity contribution in [2.75, 3.05) is 13.2 Å². The highest BCUT2D eigenvalue weighted by molar-refractivity contribution is 6.99. The van der Waals surface area contributed by atoms with Crippen molar-refractivity contribution in [1.82, 2.24) is 0 Å². The largest absolute Gasteiger partial charge is 0.462 e. The van der Waals surface area contributed by atoms with E-state index in [0.717, 1.165) is 18.8 Å². The zero-order chi connectivity index (χ0) is 31.4. The molecule has 1 aliphatic carbocycles. The van der Waals surface area contributed by atoms with Gasteiger partial charge in [0.2, 0.25) is 0 Å². The number of ether oxygens (including phenoxy) is 1. The second kappa shape index (κ2) is 16.4. The minimum Gasteiger partial charge on any atom is -0.462 e. The van der Waals surface area contributed by atoms with E-state index in [1.165, 1.54) is 72.9 Å². The molecule has 0 atom stereocenters. The van der Waals surface area contributed by atoms with Crippen LogP contribution in [0.5, 0.6) is 0 Å². The smallest absolute Gasteiger partial charge is 0.335 e. The molecule has 0 heterocycles. The average molecular weight is 611 g/mol. The van der Waals surface area contributed by atoms with Gasteiger partial charge in [-0.3, -0.25) is 0 Å². The summed E-state index contributed by atoms with van der Waals surface area (Å²) in [5.41, 5.74) is 3.15.